The fourth-order valence-corrected chi connectivity index (χ4v) is 4.00. The van der Waals surface area contributed by atoms with Crippen LogP contribution in [0.5, 0.6) is 5.75 Å². The second-order valence-corrected chi connectivity index (χ2v) is 8.52. The number of aryl methyl sites for hydroxylation is 2. The summed E-state index contributed by atoms with van der Waals surface area (Å²) in [5.74, 6) is 0.360. The molecule has 3 aromatic rings. The number of carbonyl (C=O) groups excluding carboxylic acids is 2. The summed E-state index contributed by atoms with van der Waals surface area (Å²) in [7, 11) is 0. The van der Waals surface area contributed by atoms with Crippen LogP contribution in [-0.2, 0) is 6.54 Å². The Morgan fingerprint density at radius 2 is 1.68 bits per heavy atom. The lowest BCUT2D eigenvalue weighted by molar-refractivity contribution is -0.274. The van der Waals surface area contributed by atoms with Gasteiger partial charge in [-0.1, -0.05) is 6.07 Å². The van der Waals surface area contributed by atoms with Crippen LogP contribution in [-0.4, -0.2) is 58.9 Å². The van der Waals surface area contributed by atoms with E-state index in [-0.39, 0.29) is 11.6 Å². The fraction of sp³-hybridized carbons (Fsp3) is 0.320. The fourth-order valence-electron chi connectivity index (χ4n) is 4.00. The van der Waals surface area contributed by atoms with Crippen molar-refractivity contribution in [3.05, 3.63) is 66.1 Å². The van der Waals surface area contributed by atoms with Gasteiger partial charge < -0.3 is 29.7 Å². The number of pyridine rings is 1. The summed E-state index contributed by atoms with van der Waals surface area (Å²) in [5.41, 5.74) is 2.24. The van der Waals surface area contributed by atoms with Gasteiger partial charge in [0.1, 0.15) is 17.3 Å². The number of hydrogen-bond donors (Lipinski definition) is 2. The molecule has 0 unspecified atom stereocenters. The minimum atomic E-state index is -4.79. The maximum absolute atomic E-state index is 13.2. The van der Waals surface area contributed by atoms with E-state index in [9.17, 15) is 22.8 Å². The number of anilines is 3. The van der Waals surface area contributed by atoms with E-state index in [1.54, 1.807) is 21.7 Å². The standard InChI is InChI=1S/C25H27F3N6O3/c1-3-32-16-19(31-24(36)30-18-5-7-20(8-6-18)37-25(26,27)28)14-21(32)23(35)34-12-10-33(11-13-34)22-9-4-17(2)15-29-22/h4-9,14-16H,3,10-13H2,1-2H3,(H2,30,31,36). The monoisotopic (exact) mass is 516 g/mol. The third-order valence-electron chi connectivity index (χ3n) is 5.85. The Bertz CT molecular complexity index is 1230. The molecule has 0 spiro atoms. The van der Waals surface area contributed by atoms with Crippen molar-refractivity contribution in [3.8, 4) is 5.75 Å². The van der Waals surface area contributed by atoms with Gasteiger partial charge in [-0.15, -0.1) is 13.2 Å². The minimum absolute atomic E-state index is 0.132. The van der Waals surface area contributed by atoms with Crippen molar-refractivity contribution < 1.29 is 27.5 Å². The lowest BCUT2D eigenvalue weighted by Gasteiger charge is -2.35. The molecule has 9 nitrogen and oxygen atoms in total. The maximum atomic E-state index is 13.2. The summed E-state index contributed by atoms with van der Waals surface area (Å²) in [5, 5.41) is 5.20. The van der Waals surface area contributed by atoms with Gasteiger partial charge >= 0.3 is 12.4 Å². The van der Waals surface area contributed by atoms with Crippen LogP contribution in [0, 0.1) is 6.92 Å². The van der Waals surface area contributed by atoms with Crippen LogP contribution in [0.4, 0.5) is 35.2 Å². The predicted octanol–water partition coefficient (Wildman–Crippen LogP) is 4.72. The molecule has 0 atom stereocenters. The lowest BCUT2D eigenvalue weighted by Crippen LogP contribution is -2.49. The SMILES string of the molecule is CCn1cc(NC(=O)Nc2ccc(OC(F)(F)F)cc2)cc1C(=O)N1CCN(c2ccc(C)cn2)CC1. The number of ether oxygens (including phenoxy) is 1. The van der Waals surface area contributed by atoms with Gasteiger partial charge in [-0.2, -0.15) is 0 Å². The Labute approximate surface area is 211 Å². The number of rotatable bonds is 6. The number of carbonyl (C=O) groups is 2. The first-order valence-electron chi connectivity index (χ1n) is 11.7. The molecule has 3 heterocycles. The molecule has 1 aromatic carbocycles. The van der Waals surface area contributed by atoms with Gasteiger partial charge in [0.15, 0.2) is 0 Å². The van der Waals surface area contributed by atoms with E-state index in [0.717, 1.165) is 23.5 Å². The highest BCUT2D eigenvalue weighted by molar-refractivity contribution is 6.01. The van der Waals surface area contributed by atoms with Gasteiger partial charge in [-0.3, -0.25) is 4.79 Å². The molecule has 1 fully saturated rings. The number of aromatic nitrogens is 2. The molecule has 0 radical (unpaired) electrons. The van der Waals surface area contributed by atoms with E-state index >= 15 is 0 Å². The normalized spacial score (nSPS) is 13.9. The molecule has 0 bridgehead atoms. The lowest BCUT2D eigenvalue weighted by atomic mass is 10.2. The summed E-state index contributed by atoms with van der Waals surface area (Å²) < 4.78 is 42.5. The number of amides is 3. The van der Waals surface area contributed by atoms with Crippen LogP contribution in [0.1, 0.15) is 23.0 Å². The molecule has 37 heavy (non-hydrogen) atoms. The molecule has 0 saturated carbocycles. The Hall–Kier alpha value is -4.22. The Morgan fingerprint density at radius 3 is 2.27 bits per heavy atom. The van der Waals surface area contributed by atoms with E-state index in [0.29, 0.717) is 44.1 Å². The van der Waals surface area contributed by atoms with Crippen molar-refractivity contribution in [3.63, 3.8) is 0 Å². The molecule has 3 amide bonds. The number of alkyl halides is 3. The van der Waals surface area contributed by atoms with Gasteiger partial charge in [0.2, 0.25) is 0 Å². The zero-order chi connectivity index (χ0) is 26.6. The molecular weight excluding hydrogens is 489 g/mol. The number of nitrogens with one attached hydrogen (secondary N) is 2. The number of nitrogens with zero attached hydrogens (tertiary/aromatic N) is 4. The Balaban J connectivity index is 1.35. The molecule has 12 heteroatoms. The molecule has 2 N–H and O–H groups in total. The third-order valence-corrected chi connectivity index (χ3v) is 5.85. The molecule has 196 valence electrons. The Kier molecular flexibility index (Phi) is 7.55. The Morgan fingerprint density at radius 1 is 1.00 bits per heavy atom. The summed E-state index contributed by atoms with van der Waals surface area (Å²) in [6.45, 7) is 6.81. The number of piperazine rings is 1. The zero-order valence-corrected chi connectivity index (χ0v) is 20.4. The topological polar surface area (TPSA) is 91.7 Å². The van der Waals surface area contributed by atoms with Crippen LogP contribution in [0.15, 0.2) is 54.9 Å². The van der Waals surface area contributed by atoms with E-state index < -0.39 is 18.1 Å². The summed E-state index contributed by atoms with van der Waals surface area (Å²) >= 11 is 0. The van der Waals surface area contributed by atoms with Gasteiger partial charge in [-0.05, 0) is 55.8 Å². The third kappa shape index (κ3) is 6.72. The first kappa shape index (κ1) is 25.9. The highest BCUT2D eigenvalue weighted by Crippen LogP contribution is 2.24. The summed E-state index contributed by atoms with van der Waals surface area (Å²) in [6, 6.07) is 9.77. The summed E-state index contributed by atoms with van der Waals surface area (Å²) in [4.78, 5) is 34.0. The highest BCUT2D eigenvalue weighted by Gasteiger charge is 2.31. The van der Waals surface area contributed by atoms with Crippen molar-refractivity contribution >= 4 is 29.1 Å². The zero-order valence-electron chi connectivity index (χ0n) is 20.4. The number of halogens is 3. The van der Waals surface area contributed by atoms with E-state index in [1.807, 2.05) is 32.2 Å². The van der Waals surface area contributed by atoms with E-state index in [2.05, 4.69) is 25.3 Å². The average Bonchev–Trinajstić information content (AvgIpc) is 3.27. The molecule has 4 rings (SSSR count). The second-order valence-electron chi connectivity index (χ2n) is 8.52. The number of hydrogen-bond acceptors (Lipinski definition) is 5. The second kappa shape index (κ2) is 10.8. The van der Waals surface area contributed by atoms with Crippen LogP contribution in [0.2, 0.25) is 0 Å². The highest BCUT2D eigenvalue weighted by atomic mass is 19.4. The summed E-state index contributed by atoms with van der Waals surface area (Å²) in [6.07, 6.45) is -1.30. The van der Waals surface area contributed by atoms with Crippen molar-refractivity contribution in [1.29, 1.82) is 0 Å². The molecule has 1 aliphatic rings. The maximum Gasteiger partial charge on any atom is 0.573 e. The van der Waals surface area contributed by atoms with Crippen LogP contribution in [0.3, 0.4) is 0 Å². The van der Waals surface area contributed by atoms with Crippen molar-refractivity contribution in [1.82, 2.24) is 14.5 Å². The van der Waals surface area contributed by atoms with Gasteiger partial charge in [0, 0.05) is 50.8 Å². The van der Waals surface area contributed by atoms with Gasteiger partial charge in [0.05, 0.1) is 5.69 Å². The van der Waals surface area contributed by atoms with Crippen LogP contribution in [0.25, 0.3) is 0 Å². The molecule has 1 aliphatic heterocycles. The molecule has 1 saturated heterocycles. The van der Waals surface area contributed by atoms with Crippen LogP contribution >= 0.6 is 0 Å². The number of benzene rings is 1. The van der Waals surface area contributed by atoms with Gasteiger partial charge in [-0.25, -0.2) is 9.78 Å². The van der Waals surface area contributed by atoms with Crippen molar-refractivity contribution in [2.24, 2.45) is 0 Å². The first-order chi connectivity index (χ1) is 17.6. The largest absolute Gasteiger partial charge is 0.573 e. The van der Waals surface area contributed by atoms with Crippen molar-refractivity contribution in [2.45, 2.75) is 26.8 Å². The quantitative estimate of drug-likeness (QED) is 0.495. The molecule has 2 aromatic heterocycles. The minimum Gasteiger partial charge on any atom is -0.406 e. The van der Waals surface area contributed by atoms with Crippen LogP contribution < -0.4 is 20.3 Å². The van der Waals surface area contributed by atoms with E-state index in [4.69, 9.17) is 0 Å². The smallest absolute Gasteiger partial charge is 0.406 e. The van der Waals surface area contributed by atoms with Crippen molar-refractivity contribution in [2.75, 3.05) is 41.7 Å². The first-order valence-corrected chi connectivity index (χ1v) is 11.7. The molecular formula is C25H27F3N6O3. The number of urea groups is 1. The van der Waals surface area contributed by atoms with E-state index in [1.165, 1.54) is 12.1 Å². The predicted molar refractivity (Wildman–Crippen MR) is 133 cm³/mol. The molecule has 0 aliphatic carbocycles. The van der Waals surface area contributed by atoms with Gasteiger partial charge in [0.25, 0.3) is 5.91 Å². The average molecular weight is 517 g/mol.